The third-order valence-electron chi connectivity index (χ3n) is 8.06. The van der Waals surface area contributed by atoms with Crippen molar-refractivity contribution in [1.29, 1.82) is 0 Å². The third kappa shape index (κ3) is 14.1. The fourth-order valence-electron chi connectivity index (χ4n) is 5.34. The third-order valence-corrected chi connectivity index (χ3v) is 9.04. The molecule has 0 aliphatic heterocycles. The molecule has 0 aliphatic rings. The van der Waals surface area contributed by atoms with E-state index in [9.17, 15) is 45.9 Å². The molecular formula is C38H47F3N4O10S. The summed E-state index contributed by atoms with van der Waals surface area (Å²) in [6, 6.07) is 17.6. The number of nitrogens with zero attached hydrogens (tertiary/aromatic N) is 1. The van der Waals surface area contributed by atoms with Gasteiger partial charge in [-0.2, -0.15) is 21.6 Å². The number of amides is 4. The number of aliphatic hydroxyl groups is 1. The molecule has 0 saturated carbocycles. The summed E-state index contributed by atoms with van der Waals surface area (Å²) in [5.41, 5.74) is 0.453. The molecule has 0 unspecified atom stereocenters. The number of hydrogen-bond donors (Lipinski definition) is 4. The van der Waals surface area contributed by atoms with Crippen molar-refractivity contribution in [3.8, 4) is 5.75 Å². The second-order valence-corrected chi connectivity index (χ2v) is 15.7. The summed E-state index contributed by atoms with van der Waals surface area (Å²) in [6.45, 7) is 7.39. The smallest absolute Gasteiger partial charge is 0.445 e. The monoisotopic (exact) mass is 808 g/mol. The molecular weight excluding hydrogens is 761 g/mol. The highest BCUT2D eigenvalue weighted by Crippen LogP contribution is 2.28. The lowest BCUT2D eigenvalue weighted by Crippen LogP contribution is -2.59. The van der Waals surface area contributed by atoms with E-state index < -0.39 is 94.1 Å². The number of alkyl carbamates (subject to hydrolysis) is 1. The number of nitrogens with one attached hydrogen (secondary N) is 2. The van der Waals surface area contributed by atoms with Gasteiger partial charge in [0.05, 0.1) is 18.7 Å². The van der Waals surface area contributed by atoms with Crippen LogP contribution in [0.5, 0.6) is 5.75 Å². The molecule has 0 fully saturated rings. The maximum atomic E-state index is 13.8. The van der Waals surface area contributed by atoms with Crippen molar-refractivity contribution in [2.45, 2.75) is 89.4 Å². The zero-order valence-electron chi connectivity index (χ0n) is 31.5. The first-order valence-corrected chi connectivity index (χ1v) is 18.9. The number of alkyl halides is 3. The maximum Gasteiger partial charge on any atom is 0.534 e. The predicted octanol–water partition coefficient (Wildman–Crippen LogP) is 4.59. The Labute approximate surface area is 323 Å². The molecule has 56 heavy (non-hydrogen) atoms. The molecule has 0 radical (unpaired) electrons. The lowest BCUT2D eigenvalue weighted by Gasteiger charge is -2.34. The molecule has 3 aromatic carbocycles. The quantitative estimate of drug-likeness (QED) is 0.110. The Morgan fingerprint density at radius 2 is 1.41 bits per heavy atom. The van der Waals surface area contributed by atoms with Crippen LogP contribution in [0.1, 0.15) is 51.3 Å². The molecule has 5 N–H and O–H groups in total. The van der Waals surface area contributed by atoms with Gasteiger partial charge in [0, 0.05) is 6.42 Å². The lowest BCUT2D eigenvalue weighted by molar-refractivity contribution is -0.127. The number of ether oxygens (including phenoxy) is 2. The summed E-state index contributed by atoms with van der Waals surface area (Å²) in [5, 5.41) is 17.1. The molecule has 3 aromatic rings. The molecule has 0 heterocycles. The number of halogens is 3. The van der Waals surface area contributed by atoms with Gasteiger partial charge in [-0.25, -0.2) is 9.59 Å². The van der Waals surface area contributed by atoms with Crippen molar-refractivity contribution in [3.63, 3.8) is 0 Å². The molecule has 306 valence electrons. The van der Waals surface area contributed by atoms with Crippen molar-refractivity contribution in [2.75, 3.05) is 6.54 Å². The van der Waals surface area contributed by atoms with Gasteiger partial charge in [-0.05, 0) is 61.9 Å². The van der Waals surface area contributed by atoms with Crippen LogP contribution in [-0.4, -0.2) is 84.3 Å². The molecule has 14 nitrogen and oxygen atoms in total. The Bertz CT molecular complexity index is 1890. The van der Waals surface area contributed by atoms with E-state index in [1.807, 2.05) is 0 Å². The number of hydrogen-bond acceptors (Lipinski definition) is 10. The first kappa shape index (κ1) is 45.0. The van der Waals surface area contributed by atoms with E-state index >= 15 is 0 Å². The van der Waals surface area contributed by atoms with Crippen molar-refractivity contribution < 1.29 is 59.5 Å². The number of nitrogens with two attached hydrogens (primary N) is 1. The van der Waals surface area contributed by atoms with Crippen LogP contribution in [0, 0.1) is 5.92 Å². The van der Waals surface area contributed by atoms with Crippen LogP contribution in [0.3, 0.4) is 0 Å². The van der Waals surface area contributed by atoms with Crippen LogP contribution in [0.15, 0.2) is 84.9 Å². The van der Waals surface area contributed by atoms with E-state index in [2.05, 4.69) is 14.8 Å². The van der Waals surface area contributed by atoms with E-state index in [1.165, 1.54) is 12.1 Å². The molecule has 4 atom stereocenters. The highest BCUT2D eigenvalue weighted by Gasteiger charge is 2.48. The zero-order valence-corrected chi connectivity index (χ0v) is 32.3. The van der Waals surface area contributed by atoms with Gasteiger partial charge in [-0.1, -0.05) is 86.6 Å². The van der Waals surface area contributed by atoms with Crippen molar-refractivity contribution >= 4 is 34.1 Å². The number of benzene rings is 3. The highest BCUT2D eigenvalue weighted by molar-refractivity contribution is 7.88. The molecule has 0 spiro atoms. The van der Waals surface area contributed by atoms with Crippen LogP contribution in [0.4, 0.5) is 22.8 Å². The number of rotatable bonds is 17. The summed E-state index contributed by atoms with van der Waals surface area (Å²) in [7, 11) is -6.04. The molecule has 0 bridgehead atoms. The predicted molar refractivity (Wildman–Crippen MR) is 198 cm³/mol. The van der Waals surface area contributed by atoms with Gasteiger partial charge in [0.2, 0.25) is 11.8 Å². The standard InChI is InChI=1S/C38H47F3N4O10S/c1-24(2)32(44-35(49)54-37(3,4)5)34(48)43-29(20-25-13-8-6-9-14-25)31(46)22-45(36(50)53-23-26-15-10-7-11-16-26)30(33(42)47)21-27-17-12-18-28(19-27)55-56(51,52)38(39,40)41/h6-19,24,29-32,46H,20-23H2,1-5H3,(H2,42,47)(H,43,48)(H,44,49)/t29-,30-,31-,32-/m0/s1. The number of carbonyl (C=O) groups is 4. The van der Waals surface area contributed by atoms with E-state index in [1.54, 1.807) is 95.3 Å². The van der Waals surface area contributed by atoms with Gasteiger partial charge in [0.25, 0.3) is 0 Å². The average Bonchev–Trinajstić information content (AvgIpc) is 3.10. The van der Waals surface area contributed by atoms with Gasteiger partial charge in [-0.3, -0.25) is 14.5 Å². The molecule has 0 aliphatic carbocycles. The van der Waals surface area contributed by atoms with Crippen LogP contribution >= 0.6 is 0 Å². The van der Waals surface area contributed by atoms with E-state index in [0.717, 1.165) is 17.0 Å². The van der Waals surface area contributed by atoms with Crippen molar-refractivity contribution in [1.82, 2.24) is 15.5 Å². The number of aliphatic hydroxyl groups excluding tert-OH is 1. The fraction of sp³-hybridized carbons (Fsp3) is 0.421. The van der Waals surface area contributed by atoms with E-state index in [0.29, 0.717) is 11.1 Å². The van der Waals surface area contributed by atoms with Crippen molar-refractivity contribution in [2.24, 2.45) is 11.7 Å². The summed E-state index contributed by atoms with van der Waals surface area (Å²) in [4.78, 5) is 54.1. The van der Waals surface area contributed by atoms with Gasteiger partial charge in [0.15, 0.2) is 0 Å². The molecule has 0 saturated heterocycles. The second-order valence-electron chi connectivity index (χ2n) is 14.2. The zero-order chi connectivity index (χ0) is 41.8. The van der Waals surface area contributed by atoms with Crippen molar-refractivity contribution in [3.05, 3.63) is 102 Å². The maximum absolute atomic E-state index is 13.8. The molecule has 18 heteroatoms. The van der Waals surface area contributed by atoms with Gasteiger partial charge in [0.1, 0.15) is 30.0 Å². The minimum Gasteiger partial charge on any atom is -0.445 e. The van der Waals surface area contributed by atoms with Crippen LogP contribution in [0.2, 0.25) is 0 Å². The highest BCUT2D eigenvalue weighted by atomic mass is 32.2. The Kier molecular flexibility index (Phi) is 15.7. The minimum absolute atomic E-state index is 0.00615. The summed E-state index contributed by atoms with van der Waals surface area (Å²) in [6.07, 6.45) is -4.09. The number of carbonyl (C=O) groups excluding carboxylic acids is 4. The largest absolute Gasteiger partial charge is 0.534 e. The van der Waals surface area contributed by atoms with Crippen LogP contribution < -0.4 is 20.6 Å². The topological polar surface area (TPSA) is 204 Å². The lowest BCUT2D eigenvalue weighted by atomic mass is 9.97. The van der Waals surface area contributed by atoms with Gasteiger partial charge < -0.3 is 35.1 Å². The number of primary amides is 1. The van der Waals surface area contributed by atoms with E-state index in [-0.39, 0.29) is 18.6 Å². The Morgan fingerprint density at radius 3 is 1.95 bits per heavy atom. The van der Waals surface area contributed by atoms with E-state index in [4.69, 9.17) is 15.2 Å². The Morgan fingerprint density at radius 1 is 0.839 bits per heavy atom. The average molecular weight is 809 g/mol. The first-order chi connectivity index (χ1) is 26.1. The molecule has 3 rings (SSSR count). The first-order valence-electron chi connectivity index (χ1n) is 17.4. The molecule has 4 amide bonds. The Hall–Kier alpha value is -5.36. The summed E-state index contributed by atoms with van der Waals surface area (Å²) < 4.78 is 77.4. The summed E-state index contributed by atoms with van der Waals surface area (Å²) in [5.74, 6) is -2.99. The van der Waals surface area contributed by atoms with Crippen LogP contribution in [0.25, 0.3) is 0 Å². The minimum atomic E-state index is -6.04. The SMILES string of the molecule is CC(C)[C@H](NC(=O)OC(C)(C)C)C(=O)N[C@@H](Cc1ccccc1)[C@@H](O)CN(C(=O)OCc1ccccc1)[C@@H](Cc1cccc(OS(=O)(=O)C(F)(F)F)c1)C(N)=O. The molecule has 0 aromatic heterocycles. The van der Waals surface area contributed by atoms with Gasteiger partial charge in [-0.15, -0.1) is 0 Å². The second kappa shape index (κ2) is 19.5. The fourth-order valence-corrected chi connectivity index (χ4v) is 5.79. The summed E-state index contributed by atoms with van der Waals surface area (Å²) >= 11 is 0. The van der Waals surface area contributed by atoms with Gasteiger partial charge >= 0.3 is 27.8 Å². The Balaban J connectivity index is 1.99. The van der Waals surface area contributed by atoms with Crippen LogP contribution in [-0.2, 0) is 48.6 Å². The normalized spacial score (nSPS) is 14.1.